The average molecular weight is 402 g/mol. The molecule has 1 aromatic heterocycles. The fourth-order valence-corrected chi connectivity index (χ4v) is 3.34. The summed E-state index contributed by atoms with van der Waals surface area (Å²) in [5.41, 5.74) is 3.26. The molecule has 4 aromatic rings. The average Bonchev–Trinajstić information content (AvgIpc) is 3.22. The molecule has 152 valence electrons. The molecule has 0 saturated carbocycles. The van der Waals surface area contributed by atoms with E-state index in [0.29, 0.717) is 35.8 Å². The topological polar surface area (TPSA) is 73.6 Å². The molecule has 0 aliphatic carbocycles. The highest BCUT2D eigenvalue weighted by atomic mass is 16.5. The van der Waals surface area contributed by atoms with Gasteiger partial charge in [0.1, 0.15) is 5.52 Å². The van der Waals surface area contributed by atoms with Crippen molar-refractivity contribution in [2.45, 2.75) is 6.42 Å². The van der Waals surface area contributed by atoms with Gasteiger partial charge in [-0.25, -0.2) is 0 Å². The maximum atomic E-state index is 12.7. The molecule has 1 amide bonds. The summed E-state index contributed by atoms with van der Waals surface area (Å²) < 4.78 is 16.1. The maximum absolute atomic E-state index is 12.7. The molecule has 1 N–H and O–H groups in total. The molecular weight excluding hydrogens is 380 g/mol. The number of carbonyl (C=O) groups is 1. The van der Waals surface area contributed by atoms with Gasteiger partial charge in [0, 0.05) is 17.7 Å². The van der Waals surface area contributed by atoms with E-state index in [9.17, 15) is 4.79 Å². The van der Waals surface area contributed by atoms with Crippen LogP contribution >= 0.6 is 0 Å². The minimum absolute atomic E-state index is 0.141. The van der Waals surface area contributed by atoms with Gasteiger partial charge in [0.05, 0.1) is 19.6 Å². The number of carbonyl (C=O) groups excluding carboxylic acids is 1. The van der Waals surface area contributed by atoms with Crippen molar-refractivity contribution < 1.29 is 18.8 Å². The van der Waals surface area contributed by atoms with E-state index in [1.807, 2.05) is 54.6 Å². The lowest BCUT2D eigenvalue weighted by Crippen LogP contribution is -2.25. The Morgan fingerprint density at radius 2 is 1.77 bits per heavy atom. The van der Waals surface area contributed by atoms with Gasteiger partial charge < -0.3 is 19.3 Å². The minimum atomic E-state index is -0.141. The number of nitrogens with one attached hydrogen (secondary N) is 1. The highest BCUT2D eigenvalue weighted by Crippen LogP contribution is 2.29. The number of nitrogens with zero attached hydrogens (tertiary/aromatic N) is 1. The Bertz CT molecular complexity index is 1170. The molecule has 6 nitrogen and oxygen atoms in total. The molecular formula is C24H22N2O4. The molecule has 0 unspecified atom stereocenters. The Kier molecular flexibility index (Phi) is 5.66. The summed E-state index contributed by atoms with van der Waals surface area (Å²) in [5, 5.41) is 7.88. The van der Waals surface area contributed by atoms with Gasteiger partial charge in [-0.2, -0.15) is 0 Å². The van der Waals surface area contributed by atoms with Crippen molar-refractivity contribution in [1.29, 1.82) is 0 Å². The smallest absolute Gasteiger partial charge is 0.251 e. The number of methoxy groups -OCH3 is 2. The molecule has 0 aliphatic heterocycles. The fourth-order valence-electron chi connectivity index (χ4n) is 3.34. The summed E-state index contributed by atoms with van der Waals surface area (Å²) >= 11 is 0. The molecule has 30 heavy (non-hydrogen) atoms. The van der Waals surface area contributed by atoms with Gasteiger partial charge in [0.15, 0.2) is 17.3 Å². The first kappa shape index (κ1) is 19.5. The molecule has 0 spiro atoms. The number of hydrogen-bond donors (Lipinski definition) is 1. The highest BCUT2D eigenvalue weighted by Gasteiger charge is 2.14. The standard InChI is InChI=1S/C24H22N2O4/c1-28-21-11-8-16(14-22(21)29-2)12-13-25-24(27)18-9-10-20-19(15-18)23(30-26-20)17-6-4-3-5-7-17/h3-11,14-15H,12-13H2,1-2H3,(H,25,27). The first-order valence-electron chi connectivity index (χ1n) is 9.63. The molecule has 6 heteroatoms. The van der Waals surface area contributed by atoms with E-state index in [1.165, 1.54) is 0 Å². The summed E-state index contributed by atoms with van der Waals surface area (Å²) in [4.78, 5) is 12.7. The molecule has 4 rings (SSSR count). The summed E-state index contributed by atoms with van der Waals surface area (Å²) in [6.45, 7) is 0.502. The highest BCUT2D eigenvalue weighted by molar-refractivity contribution is 6.00. The third-order valence-electron chi connectivity index (χ3n) is 4.92. The number of benzene rings is 3. The second kappa shape index (κ2) is 8.69. The van der Waals surface area contributed by atoms with Crippen LogP contribution in [-0.2, 0) is 6.42 Å². The third kappa shape index (κ3) is 3.98. The van der Waals surface area contributed by atoms with Crippen LogP contribution in [0, 0.1) is 0 Å². The number of aromatic nitrogens is 1. The molecule has 0 saturated heterocycles. The van der Waals surface area contributed by atoms with Crippen LogP contribution in [0.3, 0.4) is 0 Å². The molecule has 0 fully saturated rings. The lowest BCUT2D eigenvalue weighted by Gasteiger charge is -2.10. The van der Waals surface area contributed by atoms with Crippen molar-refractivity contribution in [2.24, 2.45) is 0 Å². The lowest BCUT2D eigenvalue weighted by atomic mass is 10.1. The first-order chi connectivity index (χ1) is 14.7. The number of amides is 1. The number of ether oxygens (including phenoxy) is 2. The van der Waals surface area contributed by atoms with E-state index in [1.54, 1.807) is 26.4 Å². The van der Waals surface area contributed by atoms with Gasteiger partial charge in [0.25, 0.3) is 5.91 Å². The van der Waals surface area contributed by atoms with Crippen LogP contribution in [0.5, 0.6) is 11.5 Å². The zero-order chi connectivity index (χ0) is 20.9. The maximum Gasteiger partial charge on any atom is 0.251 e. The Morgan fingerprint density at radius 1 is 0.967 bits per heavy atom. The zero-order valence-corrected chi connectivity index (χ0v) is 16.8. The van der Waals surface area contributed by atoms with Crippen molar-refractivity contribution in [3.63, 3.8) is 0 Å². The second-order valence-corrected chi connectivity index (χ2v) is 6.80. The van der Waals surface area contributed by atoms with Crippen LogP contribution < -0.4 is 14.8 Å². The molecule has 0 radical (unpaired) electrons. The lowest BCUT2D eigenvalue weighted by molar-refractivity contribution is 0.0954. The summed E-state index contributed by atoms with van der Waals surface area (Å²) in [6.07, 6.45) is 0.677. The van der Waals surface area contributed by atoms with E-state index < -0.39 is 0 Å². The Morgan fingerprint density at radius 3 is 2.53 bits per heavy atom. The van der Waals surface area contributed by atoms with Gasteiger partial charge in [-0.1, -0.05) is 41.6 Å². The van der Waals surface area contributed by atoms with Crippen molar-refractivity contribution in [1.82, 2.24) is 10.5 Å². The molecule has 3 aromatic carbocycles. The van der Waals surface area contributed by atoms with E-state index in [2.05, 4.69) is 10.5 Å². The van der Waals surface area contributed by atoms with E-state index in [4.69, 9.17) is 14.0 Å². The largest absolute Gasteiger partial charge is 0.493 e. The first-order valence-corrected chi connectivity index (χ1v) is 9.63. The van der Waals surface area contributed by atoms with Crippen molar-refractivity contribution in [3.8, 4) is 22.8 Å². The van der Waals surface area contributed by atoms with Crippen molar-refractivity contribution >= 4 is 16.8 Å². The van der Waals surface area contributed by atoms with Gasteiger partial charge >= 0.3 is 0 Å². The Balaban J connectivity index is 1.46. The SMILES string of the molecule is COc1ccc(CCNC(=O)c2ccc3noc(-c4ccccc4)c3c2)cc1OC. The Hall–Kier alpha value is -3.80. The summed E-state index contributed by atoms with van der Waals surface area (Å²) in [7, 11) is 3.21. The van der Waals surface area contributed by atoms with Crippen LogP contribution in [0.15, 0.2) is 71.3 Å². The molecule has 1 heterocycles. The van der Waals surface area contributed by atoms with E-state index in [0.717, 1.165) is 22.0 Å². The molecule has 0 bridgehead atoms. The summed E-state index contributed by atoms with van der Waals surface area (Å²) in [5.74, 6) is 1.87. The fraction of sp³-hybridized carbons (Fsp3) is 0.167. The van der Waals surface area contributed by atoms with E-state index >= 15 is 0 Å². The van der Waals surface area contributed by atoms with E-state index in [-0.39, 0.29) is 5.91 Å². The predicted molar refractivity (Wildman–Crippen MR) is 115 cm³/mol. The number of rotatable bonds is 7. The normalized spacial score (nSPS) is 10.7. The third-order valence-corrected chi connectivity index (χ3v) is 4.92. The van der Waals surface area contributed by atoms with Gasteiger partial charge in [-0.05, 0) is 42.3 Å². The van der Waals surface area contributed by atoms with Gasteiger partial charge in [0.2, 0.25) is 0 Å². The monoisotopic (exact) mass is 402 g/mol. The molecule has 0 aliphatic rings. The van der Waals surface area contributed by atoms with Crippen molar-refractivity contribution in [2.75, 3.05) is 20.8 Å². The van der Waals surface area contributed by atoms with Gasteiger partial charge in [-0.3, -0.25) is 4.79 Å². The van der Waals surface area contributed by atoms with Crippen LogP contribution in [0.4, 0.5) is 0 Å². The Labute approximate surface area is 174 Å². The molecule has 0 atom stereocenters. The van der Waals surface area contributed by atoms with Crippen molar-refractivity contribution in [3.05, 3.63) is 77.9 Å². The number of fused-ring (bicyclic) bond motifs is 1. The van der Waals surface area contributed by atoms with Crippen LogP contribution in [0.2, 0.25) is 0 Å². The predicted octanol–water partition coefficient (Wildman–Crippen LogP) is 4.48. The van der Waals surface area contributed by atoms with Gasteiger partial charge in [-0.15, -0.1) is 0 Å². The van der Waals surface area contributed by atoms with Crippen LogP contribution in [0.1, 0.15) is 15.9 Å². The second-order valence-electron chi connectivity index (χ2n) is 6.80. The quantitative estimate of drug-likeness (QED) is 0.493. The zero-order valence-electron chi connectivity index (χ0n) is 16.8. The van der Waals surface area contributed by atoms with Crippen LogP contribution in [0.25, 0.3) is 22.2 Å². The van der Waals surface area contributed by atoms with Crippen LogP contribution in [-0.4, -0.2) is 31.8 Å². The number of hydrogen-bond acceptors (Lipinski definition) is 5. The minimum Gasteiger partial charge on any atom is -0.493 e. The summed E-state index contributed by atoms with van der Waals surface area (Å²) in [6, 6.07) is 20.8.